The Morgan fingerprint density at radius 2 is 1.79 bits per heavy atom. The molecule has 4 atom stereocenters. The van der Waals surface area contributed by atoms with E-state index in [-0.39, 0.29) is 24.1 Å². The highest BCUT2D eigenvalue weighted by Crippen LogP contribution is 2.30. The number of nitrogens with one attached hydrogen (secondary N) is 5. The van der Waals surface area contributed by atoms with Gasteiger partial charge in [-0.3, -0.25) is 19.7 Å². The number of rotatable bonds is 5. The average Bonchev–Trinajstić information content (AvgIpc) is 2.75. The zero-order valence-electron chi connectivity index (χ0n) is 18.1. The smallest absolute Gasteiger partial charge is 0.229 e. The Labute approximate surface area is 201 Å². The highest BCUT2D eigenvalue weighted by Gasteiger charge is 2.48. The molecule has 5 N–H and O–H groups in total. The van der Waals surface area contributed by atoms with Crippen molar-refractivity contribution in [2.45, 2.75) is 38.6 Å². The first-order valence-electron chi connectivity index (χ1n) is 10.7. The molecule has 0 aliphatic carbocycles. The molecule has 2 fully saturated rings. The van der Waals surface area contributed by atoms with Crippen molar-refractivity contribution in [2.75, 3.05) is 10.6 Å². The maximum atomic E-state index is 13.0. The molecule has 10 heteroatoms. The molecule has 0 radical (unpaired) electrons. The van der Waals surface area contributed by atoms with Crippen LogP contribution in [0.3, 0.4) is 0 Å². The molecule has 4 unspecified atom stereocenters. The lowest BCUT2D eigenvalue weighted by Gasteiger charge is -2.43. The summed E-state index contributed by atoms with van der Waals surface area (Å²) in [5.41, 5.74) is 2.33. The highest BCUT2D eigenvalue weighted by atomic mass is 35.5. The van der Waals surface area contributed by atoms with E-state index in [1.54, 1.807) is 18.2 Å². The van der Waals surface area contributed by atoms with E-state index in [0.717, 1.165) is 5.56 Å². The summed E-state index contributed by atoms with van der Waals surface area (Å²) in [6.45, 7) is 4.18. The average molecular weight is 490 g/mol. The Morgan fingerprint density at radius 1 is 1.06 bits per heavy atom. The first-order chi connectivity index (χ1) is 15.7. The van der Waals surface area contributed by atoms with E-state index in [4.69, 9.17) is 23.2 Å². The van der Waals surface area contributed by atoms with Gasteiger partial charge in [-0.05, 0) is 41.8 Å². The molecule has 4 rings (SSSR count). The summed E-state index contributed by atoms with van der Waals surface area (Å²) in [5.74, 6) is -2.24. The second-order valence-electron chi connectivity index (χ2n) is 8.52. The van der Waals surface area contributed by atoms with E-state index in [1.807, 2.05) is 24.3 Å². The summed E-state index contributed by atoms with van der Waals surface area (Å²) in [4.78, 5) is 38.4. The predicted molar refractivity (Wildman–Crippen MR) is 128 cm³/mol. The third-order valence-corrected chi connectivity index (χ3v) is 6.41. The number of benzene rings is 2. The van der Waals surface area contributed by atoms with Crippen molar-refractivity contribution in [2.24, 2.45) is 11.8 Å². The van der Waals surface area contributed by atoms with Gasteiger partial charge in [0.15, 0.2) is 6.29 Å². The molecule has 0 spiro atoms. The normalized spacial score (nSPS) is 24.5. The molecule has 2 heterocycles. The van der Waals surface area contributed by atoms with Gasteiger partial charge in [0.25, 0.3) is 0 Å². The standard InChI is InChI=1S/C23H25Cl2N5O3/c1-11(2)12-3-6-14(7-4-12)26-21(32)15-10-18(31)28-20-19(15)22(33)30-23(29-20)27-17-8-5-13(24)9-16(17)25/h3-9,11,15,19-20,23,27,29H,10H2,1-2H3,(H,26,32)(H,28,31)(H,30,33). The van der Waals surface area contributed by atoms with E-state index >= 15 is 0 Å². The van der Waals surface area contributed by atoms with Crippen LogP contribution in [0.1, 0.15) is 31.7 Å². The monoisotopic (exact) mass is 489 g/mol. The molecule has 33 heavy (non-hydrogen) atoms. The Hall–Kier alpha value is -2.81. The summed E-state index contributed by atoms with van der Waals surface area (Å²) in [6, 6.07) is 12.5. The Kier molecular flexibility index (Phi) is 6.78. The van der Waals surface area contributed by atoms with Crippen LogP contribution in [-0.2, 0) is 14.4 Å². The predicted octanol–water partition coefficient (Wildman–Crippen LogP) is 3.25. The minimum atomic E-state index is -0.818. The van der Waals surface area contributed by atoms with Crippen LogP contribution in [0, 0.1) is 11.8 Å². The van der Waals surface area contributed by atoms with E-state index in [9.17, 15) is 14.4 Å². The van der Waals surface area contributed by atoms with Gasteiger partial charge >= 0.3 is 0 Å². The summed E-state index contributed by atoms with van der Waals surface area (Å²) >= 11 is 12.1. The fourth-order valence-corrected chi connectivity index (χ4v) is 4.57. The number of piperidine rings is 1. The third kappa shape index (κ3) is 5.24. The molecule has 2 saturated heterocycles. The summed E-state index contributed by atoms with van der Waals surface area (Å²) in [7, 11) is 0. The van der Waals surface area contributed by atoms with Crippen LogP contribution in [0.15, 0.2) is 42.5 Å². The SMILES string of the molecule is CC(C)c1ccc(NC(=O)C2CC(=O)NC3NC(Nc4ccc(Cl)cc4Cl)NC(=O)C32)cc1. The zero-order chi connectivity index (χ0) is 23.7. The first-order valence-corrected chi connectivity index (χ1v) is 11.4. The van der Waals surface area contributed by atoms with Crippen molar-refractivity contribution in [1.29, 1.82) is 0 Å². The first kappa shape index (κ1) is 23.4. The lowest BCUT2D eigenvalue weighted by Crippen LogP contribution is -2.72. The van der Waals surface area contributed by atoms with Crippen molar-refractivity contribution < 1.29 is 14.4 Å². The Morgan fingerprint density at radius 3 is 2.45 bits per heavy atom. The number of anilines is 2. The lowest BCUT2D eigenvalue weighted by molar-refractivity contribution is -0.144. The van der Waals surface area contributed by atoms with Gasteiger partial charge in [0, 0.05) is 17.1 Å². The maximum absolute atomic E-state index is 13.0. The summed E-state index contributed by atoms with van der Waals surface area (Å²) < 4.78 is 0. The van der Waals surface area contributed by atoms with Gasteiger partial charge in [-0.25, -0.2) is 0 Å². The van der Waals surface area contributed by atoms with Gasteiger partial charge in [-0.2, -0.15) is 0 Å². The number of carbonyl (C=O) groups is 3. The second-order valence-corrected chi connectivity index (χ2v) is 9.37. The van der Waals surface area contributed by atoms with Crippen molar-refractivity contribution >= 4 is 52.3 Å². The van der Waals surface area contributed by atoms with Crippen LogP contribution in [0.2, 0.25) is 10.0 Å². The molecule has 2 aliphatic heterocycles. The molecular weight excluding hydrogens is 465 g/mol. The maximum Gasteiger partial charge on any atom is 0.229 e. The van der Waals surface area contributed by atoms with E-state index in [0.29, 0.717) is 27.3 Å². The minimum absolute atomic E-state index is 0.0761. The van der Waals surface area contributed by atoms with Crippen molar-refractivity contribution in [3.8, 4) is 0 Å². The van der Waals surface area contributed by atoms with E-state index < -0.39 is 24.3 Å². The van der Waals surface area contributed by atoms with Crippen LogP contribution in [0.5, 0.6) is 0 Å². The van der Waals surface area contributed by atoms with Crippen LogP contribution in [0.25, 0.3) is 0 Å². The molecule has 0 saturated carbocycles. The highest BCUT2D eigenvalue weighted by molar-refractivity contribution is 6.36. The van der Waals surface area contributed by atoms with Crippen LogP contribution in [0.4, 0.5) is 11.4 Å². The molecule has 2 aromatic carbocycles. The molecular formula is C23H25Cl2N5O3. The van der Waals surface area contributed by atoms with E-state index in [1.165, 1.54) is 0 Å². The molecule has 2 aliphatic rings. The topological polar surface area (TPSA) is 111 Å². The zero-order valence-corrected chi connectivity index (χ0v) is 19.6. The number of amides is 3. The molecule has 174 valence electrons. The number of carbonyl (C=O) groups excluding carboxylic acids is 3. The largest absolute Gasteiger partial charge is 0.352 e. The molecule has 0 bridgehead atoms. The number of hydrogen-bond acceptors (Lipinski definition) is 5. The van der Waals surface area contributed by atoms with Crippen molar-refractivity contribution in [3.05, 3.63) is 58.1 Å². The van der Waals surface area contributed by atoms with Crippen LogP contribution >= 0.6 is 23.2 Å². The molecule has 2 aromatic rings. The number of fused-ring (bicyclic) bond motifs is 1. The van der Waals surface area contributed by atoms with Crippen molar-refractivity contribution in [3.63, 3.8) is 0 Å². The number of hydrogen-bond donors (Lipinski definition) is 5. The third-order valence-electron chi connectivity index (χ3n) is 5.86. The molecule has 8 nitrogen and oxygen atoms in total. The van der Waals surface area contributed by atoms with Gasteiger partial charge in [0.2, 0.25) is 17.7 Å². The van der Waals surface area contributed by atoms with E-state index in [2.05, 4.69) is 40.4 Å². The van der Waals surface area contributed by atoms with Gasteiger partial charge in [-0.1, -0.05) is 49.2 Å². The Bertz CT molecular complexity index is 1080. The number of halogens is 2. The second kappa shape index (κ2) is 9.59. The van der Waals surface area contributed by atoms with Crippen molar-refractivity contribution in [1.82, 2.24) is 16.0 Å². The van der Waals surface area contributed by atoms with Gasteiger partial charge in [-0.15, -0.1) is 0 Å². The minimum Gasteiger partial charge on any atom is -0.352 e. The van der Waals surface area contributed by atoms with Crippen LogP contribution < -0.4 is 26.6 Å². The summed E-state index contributed by atoms with van der Waals surface area (Å²) in [6.07, 6.45) is -1.50. The van der Waals surface area contributed by atoms with Gasteiger partial charge in [0.05, 0.1) is 28.7 Å². The lowest BCUT2D eigenvalue weighted by atomic mass is 9.81. The molecule has 3 amide bonds. The fourth-order valence-electron chi connectivity index (χ4n) is 4.10. The van der Waals surface area contributed by atoms with Gasteiger partial charge in [0.1, 0.15) is 0 Å². The van der Waals surface area contributed by atoms with Crippen LogP contribution in [-0.4, -0.2) is 30.2 Å². The quantitative estimate of drug-likeness (QED) is 0.442. The molecule has 0 aromatic heterocycles. The Balaban J connectivity index is 1.46. The van der Waals surface area contributed by atoms with Gasteiger partial charge < -0.3 is 21.3 Å². The fraction of sp³-hybridized carbons (Fsp3) is 0.348. The summed E-state index contributed by atoms with van der Waals surface area (Å²) in [5, 5.41) is 15.5.